The highest BCUT2D eigenvalue weighted by molar-refractivity contribution is 5.15. The average Bonchev–Trinajstić information content (AvgIpc) is 3.67. The highest BCUT2D eigenvalue weighted by atomic mass is 15.2. The van der Waals surface area contributed by atoms with Gasteiger partial charge < -0.3 is 9.80 Å². The number of aromatic nitrogens is 3. The molecule has 6 rings (SSSR count). The minimum absolute atomic E-state index is 0. The van der Waals surface area contributed by atoms with Crippen LogP contribution in [0.25, 0.3) is 0 Å². The van der Waals surface area contributed by atoms with Gasteiger partial charge in [0.2, 0.25) is 0 Å². The van der Waals surface area contributed by atoms with Crippen molar-refractivity contribution in [2.45, 2.75) is 56.7 Å². The molecule has 0 bridgehead atoms. The summed E-state index contributed by atoms with van der Waals surface area (Å²) in [5.74, 6) is 0. The van der Waals surface area contributed by atoms with E-state index < -0.39 is 0 Å². The largest absolute Gasteiger partial charge is 0.331 e. The van der Waals surface area contributed by atoms with E-state index in [9.17, 15) is 0 Å². The SMILES string of the molecule is CN1CCC[C@H]1c1cccnc1.C[NH+]1CCC[C@H]1c1ccc[nH+]c1.C[NH+]1CCC[C@H]1c1cccnc1.[2HH].[2HH]. The highest BCUT2D eigenvalue weighted by Gasteiger charge is 2.28. The summed E-state index contributed by atoms with van der Waals surface area (Å²) in [6.45, 7) is 3.85. The number of quaternary nitrogens is 2. The average molecular weight is 496 g/mol. The number of likely N-dealkylation sites (tertiary alicyclic amines) is 3. The van der Waals surface area contributed by atoms with Crippen LogP contribution in [0.15, 0.2) is 73.6 Å². The molecule has 0 radical (unpaired) electrons. The number of hydrogen-bond donors (Lipinski definition) is 2. The Morgan fingerprint density at radius 2 is 1.42 bits per heavy atom. The molecule has 3 aromatic heterocycles. The molecule has 36 heavy (non-hydrogen) atoms. The second-order valence-electron chi connectivity index (χ2n) is 10.6. The molecule has 6 heteroatoms. The van der Waals surface area contributed by atoms with Gasteiger partial charge in [-0.15, -0.1) is 0 Å². The lowest BCUT2D eigenvalue weighted by Crippen LogP contribution is -3.07. The first-order chi connectivity index (χ1) is 17.6. The zero-order valence-corrected chi connectivity index (χ0v) is 22.4. The predicted octanol–water partition coefficient (Wildman–Crippen LogP) is 2.62. The van der Waals surface area contributed by atoms with Gasteiger partial charge in [0.1, 0.15) is 12.1 Å². The van der Waals surface area contributed by atoms with Gasteiger partial charge in [0.25, 0.3) is 0 Å². The lowest BCUT2D eigenvalue weighted by Gasteiger charge is -2.18. The van der Waals surface area contributed by atoms with Gasteiger partial charge in [-0.1, -0.05) is 12.1 Å². The third kappa shape index (κ3) is 7.19. The molecule has 0 aromatic carbocycles. The van der Waals surface area contributed by atoms with Gasteiger partial charge in [0.05, 0.1) is 32.7 Å². The van der Waals surface area contributed by atoms with E-state index in [2.05, 4.69) is 71.5 Å². The zero-order chi connectivity index (χ0) is 25.2. The first kappa shape index (κ1) is 26.4. The standard InChI is InChI=1S/3C10H14N2.2H2/c3*1-12-7-3-5-10(12)9-4-2-6-11-8-9;;/h3*2,4,6,8,10H,3,5,7H2,1H3;2*1H/p+3/t3*10-;;/m000../s1/i;;;2*1+1. The van der Waals surface area contributed by atoms with E-state index in [1.54, 1.807) is 9.80 Å². The van der Waals surface area contributed by atoms with E-state index in [0.29, 0.717) is 12.1 Å². The van der Waals surface area contributed by atoms with E-state index in [1.807, 2.05) is 43.1 Å². The fourth-order valence-corrected chi connectivity index (χ4v) is 6.02. The maximum absolute atomic E-state index is 4.15. The summed E-state index contributed by atoms with van der Waals surface area (Å²) in [6.07, 6.45) is 19.7. The first-order valence-corrected chi connectivity index (χ1v) is 13.7. The zero-order valence-electron chi connectivity index (χ0n) is 22.4. The number of nitrogens with zero attached hydrogens (tertiary/aromatic N) is 3. The highest BCUT2D eigenvalue weighted by Crippen LogP contribution is 2.29. The van der Waals surface area contributed by atoms with Crippen LogP contribution in [0.1, 0.15) is 76.2 Å². The van der Waals surface area contributed by atoms with E-state index >= 15 is 0 Å². The minimum atomic E-state index is 0. The van der Waals surface area contributed by atoms with Crippen LogP contribution in [0.2, 0.25) is 0 Å². The Kier molecular flexibility index (Phi) is 9.96. The summed E-state index contributed by atoms with van der Waals surface area (Å²) < 4.78 is 0. The van der Waals surface area contributed by atoms with Crippen LogP contribution >= 0.6 is 0 Å². The van der Waals surface area contributed by atoms with Crippen LogP contribution in [0.5, 0.6) is 0 Å². The smallest absolute Gasteiger partial charge is 0.176 e. The third-order valence-electron chi connectivity index (χ3n) is 8.13. The molecule has 0 saturated carbocycles. The van der Waals surface area contributed by atoms with Crippen LogP contribution in [0.3, 0.4) is 0 Å². The number of aromatic amines is 1. The number of pyridine rings is 3. The van der Waals surface area contributed by atoms with Gasteiger partial charge in [-0.25, -0.2) is 4.98 Å². The van der Waals surface area contributed by atoms with Gasteiger partial charge >= 0.3 is 0 Å². The van der Waals surface area contributed by atoms with Gasteiger partial charge in [0.15, 0.2) is 12.4 Å². The maximum Gasteiger partial charge on any atom is 0.176 e. The molecule has 0 aliphatic carbocycles. The molecule has 6 heterocycles. The van der Waals surface area contributed by atoms with Gasteiger partial charge in [-0.2, -0.15) is 0 Å². The molecule has 3 N–H and O–H groups in total. The summed E-state index contributed by atoms with van der Waals surface area (Å²) in [4.78, 5) is 17.1. The minimum Gasteiger partial charge on any atom is -0.331 e. The maximum atomic E-state index is 4.15. The third-order valence-corrected chi connectivity index (χ3v) is 8.13. The monoisotopic (exact) mass is 495 g/mol. The van der Waals surface area contributed by atoms with Crippen molar-refractivity contribution in [3.8, 4) is 0 Å². The fraction of sp³-hybridized carbons (Fsp3) is 0.500. The van der Waals surface area contributed by atoms with E-state index in [4.69, 9.17) is 0 Å². The molecule has 3 fully saturated rings. The quantitative estimate of drug-likeness (QED) is 0.587. The second kappa shape index (κ2) is 13.6. The molecule has 3 saturated heterocycles. The Bertz CT molecular complexity index is 879. The summed E-state index contributed by atoms with van der Waals surface area (Å²) in [5.41, 5.74) is 4.21. The van der Waals surface area contributed by atoms with E-state index in [-0.39, 0.29) is 2.85 Å². The van der Waals surface area contributed by atoms with Crippen molar-refractivity contribution < 1.29 is 17.6 Å². The summed E-state index contributed by atoms with van der Waals surface area (Å²) in [7, 11) is 6.74. The predicted molar refractivity (Wildman–Crippen MR) is 148 cm³/mol. The number of H-pyrrole nitrogens is 1. The van der Waals surface area contributed by atoms with E-state index in [1.165, 1.54) is 74.8 Å². The molecule has 6 nitrogen and oxygen atoms in total. The fourth-order valence-electron chi connectivity index (χ4n) is 6.02. The van der Waals surface area contributed by atoms with Gasteiger partial charge in [-0.3, -0.25) is 14.9 Å². The Morgan fingerprint density at radius 3 is 1.89 bits per heavy atom. The van der Waals surface area contributed by atoms with Gasteiger partial charge in [-0.05, 0) is 50.2 Å². The van der Waals surface area contributed by atoms with Crippen molar-refractivity contribution in [2.75, 3.05) is 40.8 Å². The lowest BCUT2D eigenvalue weighted by molar-refractivity contribution is -0.898. The molecule has 0 spiro atoms. The van der Waals surface area contributed by atoms with Crippen LogP contribution < -0.4 is 14.8 Å². The number of nitrogens with one attached hydrogen (secondary N) is 3. The summed E-state index contributed by atoms with van der Waals surface area (Å²) in [5, 5.41) is 0. The molecule has 5 atom stereocenters. The second-order valence-corrected chi connectivity index (χ2v) is 10.6. The van der Waals surface area contributed by atoms with Crippen LogP contribution in [-0.2, 0) is 0 Å². The molecule has 0 amide bonds. The molecule has 3 aliphatic rings. The van der Waals surface area contributed by atoms with Crippen molar-refractivity contribution in [3.05, 3.63) is 90.3 Å². The number of rotatable bonds is 3. The number of hydrogen-bond acceptors (Lipinski definition) is 3. The van der Waals surface area contributed by atoms with Crippen molar-refractivity contribution in [1.82, 2.24) is 14.9 Å². The van der Waals surface area contributed by atoms with Crippen LogP contribution in [-0.4, -0.2) is 55.6 Å². The van der Waals surface area contributed by atoms with Crippen molar-refractivity contribution in [3.63, 3.8) is 0 Å². The first-order valence-electron chi connectivity index (χ1n) is 13.7. The van der Waals surface area contributed by atoms with Crippen LogP contribution in [0, 0.1) is 0 Å². The topological polar surface area (TPSA) is 52.0 Å². The molecule has 196 valence electrons. The summed E-state index contributed by atoms with van der Waals surface area (Å²) >= 11 is 0. The van der Waals surface area contributed by atoms with Crippen molar-refractivity contribution >= 4 is 0 Å². The molecule has 2 unspecified atom stereocenters. The lowest BCUT2D eigenvalue weighted by atomic mass is 10.1. The Hall–Kier alpha value is -2.67. The summed E-state index contributed by atoms with van der Waals surface area (Å²) in [6, 6.07) is 14.7. The molecular formula is C30H49N6+3. The molecule has 3 aromatic rings. The Balaban J connectivity index is 0.000000195. The van der Waals surface area contributed by atoms with Crippen molar-refractivity contribution in [1.29, 1.82) is 0 Å². The molecule has 3 aliphatic heterocycles. The Morgan fingerprint density at radius 1 is 0.806 bits per heavy atom. The van der Waals surface area contributed by atoms with E-state index in [0.717, 1.165) is 6.04 Å². The molecular weight excluding hydrogens is 444 g/mol. The Labute approximate surface area is 220 Å². The van der Waals surface area contributed by atoms with Gasteiger partial charge in [0, 0.05) is 71.0 Å². The normalized spacial score (nSPS) is 27.6. The van der Waals surface area contributed by atoms with Crippen molar-refractivity contribution in [2.24, 2.45) is 0 Å². The van der Waals surface area contributed by atoms with Crippen LogP contribution in [0.4, 0.5) is 0 Å².